The number of carbonyl (C=O) groups excluding carboxylic acids is 1. The van der Waals surface area contributed by atoms with E-state index in [9.17, 15) is 50.8 Å². The molecule has 362 valence electrons. The van der Waals surface area contributed by atoms with Crippen LogP contribution in [0, 0.1) is 38.9 Å². The van der Waals surface area contributed by atoms with Crippen LogP contribution in [0.1, 0.15) is 107 Å². The molecular formula is C47H72O17. The van der Waals surface area contributed by atoms with Crippen molar-refractivity contribution in [3.8, 4) is 0 Å². The number of hydrogen-bond donors (Lipinski definition) is 9. The quantitative estimate of drug-likeness (QED) is 0.127. The SMILES string of the molecule is CC1OC(OC2C(OC3CCC4(C)C(CCC5(C)C4C=CC4=C6C7(CCC(C)(OC7=O)C6(C)O)CCC45C)C3(C)C)OCC(O)C2OC2OC(CO)C(O)C(O)C2O)C(O)C(O)C1O. The molecule has 17 nitrogen and oxygen atoms in total. The summed E-state index contributed by atoms with van der Waals surface area (Å²) in [5.41, 5.74) is -2.36. The van der Waals surface area contributed by atoms with E-state index >= 15 is 0 Å². The van der Waals surface area contributed by atoms with Crippen LogP contribution in [-0.2, 0) is 38.0 Å². The van der Waals surface area contributed by atoms with Crippen molar-refractivity contribution < 1.29 is 83.9 Å². The Balaban J connectivity index is 1.01. The molecule has 8 fully saturated rings. The van der Waals surface area contributed by atoms with Gasteiger partial charge in [-0.1, -0.05) is 46.8 Å². The van der Waals surface area contributed by atoms with Crippen LogP contribution in [0.5, 0.6) is 0 Å². The van der Waals surface area contributed by atoms with Gasteiger partial charge < -0.3 is 79.1 Å². The summed E-state index contributed by atoms with van der Waals surface area (Å²) >= 11 is 0. The third-order valence-corrected chi connectivity index (χ3v) is 19.1. The third kappa shape index (κ3) is 6.46. The molecule has 1 spiro atoms. The largest absolute Gasteiger partial charge is 0.455 e. The van der Waals surface area contributed by atoms with Gasteiger partial charge in [-0.15, -0.1) is 0 Å². The normalized spacial score (nSPS) is 56.7. The lowest BCUT2D eigenvalue weighted by Gasteiger charge is -2.71. The summed E-state index contributed by atoms with van der Waals surface area (Å²) in [6, 6.07) is 0. The van der Waals surface area contributed by atoms with E-state index in [1.165, 1.54) is 6.92 Å². The van der Waals surface area contributed by atoms with Gasteiger partial charge in [0.25, 0.3) is 0 Å². The Bertz CT molecular complexity index is 1890. The number of aliphatic hydroxyl groups is 9. The van der Waals surface area contributed by atoms with Crippen molar-refractivity contribution in [1.82, 2.24) is 0 Å². The van der Waals surface area contributed by atoms with Crippen LogP contribution in [0.2, 0.25) is 0 Å². The number of fused-ring (bicyclic) bond motifs is 7. The van der Waals surface area contributed by atoms with Crippen LogP contribution < -0.4 is 0 Å². The summed E-state index contributed by atoms with van der Waals surface area (Å²) in [6.07, 6.45) is -11.1. The maximum atomic E-state index is 13.8. The minimum absolute atomic E-state index is 0.146. The highest BCUT2D eigenvalue weighted by Crippen LogP contribution is 2.75. The van der Waals surface area contributed by atoms with Crippen LogP contribution in [-0.4, -0.2) is 168 Å². The molecule has 5 saturated heterocycles. The summed E-state index contributed by atoms with van der Waals surface area (Å²) < 4.78 is 43.1. The molecule has 0 aromatic rings. The van der Waals surface area contributed by atoms with E-state index in [-0.39, 0.29) is 40.7 Å². The molecule has 0 amide bonds. The van der Waals surface area contributed by atoms with E-state index in [0.29, 0.717) is 25.7 Å². The molecule has 17 heteroatoms. The van der Waals surface area contributed by atoms with Crippen molar-refractivity contribution in [1.29, 1.82) is 0 Å². The maximum absolute atomic E-state index is 13.8. The number of aliphatic hydroxyl groups excluding tert-OH is 8. The average Bonchev–Trinajstić information content (AvgIpc) is 3.23. The minimum atomic E-state index is -1.81. The zero-order valence-corrected chi connectivity index (χ0v) is 38.3. The van der Waals surface area contributed by atoms with Crippen molar-refractivity contribution >= 4 is 5.97 Å². The van der Waals surface area contributed by atoms with Gasteiger partial charge in [0.2, 0.25) is 0 Å². The monoisotopic (exact) mass is 908 g/mol. The van der Waals surface area contributed by atoms with Crippen molar-refractivity contribution in [2.24, 2.45) is 38.9 Å². The van der Waals surface area contributed by atoms with E-state index in [1.807, 2.05) is 13.8 Å². The topological polar surface area (TPSA) is 264 Å². The first-order valence-electron chi connectivity index (χ1n) is 23.5. The smallest absolute Gasteiger partial charge is 0.317 e. The molecule has 5 heterocycles. The van der Waals surface area contributed by atoms with E-state index in [2.05, 4.69) is 46.8 Å². The molecule has 3 saturated carbocycles. The van der Waals surface area contributed by atoms with Crippen LogP contribution in [0.3, 0.4) is 0 Å². The number of hydrogen-bond acceptors (Lipinski definition) is 17. The molecule has 10 rings (SSSR count). The standard InChI is InChI=1S/C47H72O17/c1-21-28(50)30(52)32(54)37(59-21)63-35-34(62-38-33(55)31(53)29(51)24(19-48)60-38)23(49)20-58-39(35)61-27-12-13-42(4)25(41(27,2)3)11-14-44(6)26(42)10-9-22-36-46(8,57)45(7)16-18-47(36,40(56)64-45)17-15-43(22,44)5/h9-10,21,23-35,37-39,48-55,57H,11-20H2,1-8H3. The average molecular weight is 909 g/mol. The molecule has 9 N–H and O–H groups in total. The second-order valence-electron chi connectivity index (χ2n) is 22.6. The molecule has 0 aromatic carbocycles. The molecular weight excluding hydrogens is 837 g/mol. The highest BCUT2D eigenvalue weighted by atomic mass is 16.8. The predicted octanol–water partition coefficient (Wildman–Crippen LogP) is 0.859. The molecule has 5 aliphatic heterocycles. The van der Waals surface area contributed by atoms with Crippen molar-refractivity contribution in [2.45, 2.75) is 210 Å². The van der Waals surface area contributed by atoms with E-state index < -0.39 is 121 Å². The first-order valence-corrected chi connectivity index (χ1v) is 23.5. The fourth-order valence-corrected chi connectivity index (χ4v) is 14.7. The summed E-state index contributed by atoms with van der Waals surface area (Å²) in [7, 11) is 0. The van der Waals surface area contributed by atoms with Crippen LogP contribution in [0.15, 0.2) is 23.3 Å². The minimum Gasteiger partial charge on any atom is -0.455 e. The fraction of sp³-hybridized carbons (Fsp3) is 0.894. The van der Waals surface area contributed by atoms with Crippen molar-refractivity contribution in [3.05, 3.63) is 23.3 Å². The van der Waals surface area contributed by atoms with Gasteiger partial charge in [0.05, 0.1) is 30.8 Å². The van der Waals surface area contributed by atoms with E-state index in [1.54, 1.807) is 0 Å². The number of esters is 1. The van der Waals surface area contributed by atoms with Gasteiger partial charge in [0, 0.05) is 0 Å². The van der Waals surface area contributed by atoms with Crippen LogP contribution >= 0.6 is 0 Å². The molecule has 0 radical (unpaired) electrons. The van der Waals surface area contributed by atoms with Gasteiger partial charge in [0.15, 0.2) is 18.9 Å². The Morgan fingerprint density at radius 3 is 2.03 bits per heavy atom. The Hall–Kier alpha value is -1.65. The highest BCUT2D eigenvalue weighted by molar-refractivity contribution is 5.86. The lowest BCUT2D eigenvalue weighted by Crippen LogP contribution is -2.71. The number of carbonyl (C=O) groups is 1. The second-order valence-corrected chi connectivity index (χ2v) is 22.6. The molecule has 23 unspecified atom stereocenters. The molecule has 10 aliphatic rings. The van der Waals surface area contributed by atoms with Gasteiger partial charge in [0.1, 0.15) is 72.2 Å². The van der Waals surface area contributed by atoms with Gasteiger partial charge in [-0.2, -0.15) is 0 Å². The Kier molecular flexibility index (Phi) is 11.6. The maximum Gasteiger partial charge on any atom is 0.317 e. The second kappa shape index (κ2) is 15.7. The highest BCUT2D eigenvalue weighted by Gasteiger charge is 2.73. The van der Waals surface area contributed by atoms with E-state index in [0.717, 1.165) is 36.8 Å². The first kappa shape index (κ1) is 47.4. The summed E-state index contributed by atoms with van der Waals surface area (Å²) in [6.45, 7) is 15.7. The summed E-state index contributed by atoms with van der Waals surface area (Å²) in [4.78, 5) is 13.8. The third-order valence-electron chi connectivity index (χ3n) is 19.1. The van der Waals surface area contributed by atoms with Gasteiger partial charge >= 0.3 is 5.97 Å². The summed E-state index contributed by atoms with van der Waals surface area (Å²) in [5, 5.41) is 97.7. The molecule has 23 atom stereocenters. The Labute approximate surface area is 374 Å². The number of allylic oxidation sites excluding steroid dienone is 3. The van der Waals surface area contributed by atoms with E-state index in [4.69, 9.17) is 33.2 Å². The van der Waals surface area contributed by atoms with Gasteiger partial charge in [-0.3, -0.25) is 4.79 Å². The lowest BCUT2D eigenvalue weighted by molar-refractivity contribution is -0.388. The van der Waals surface area contributed by atoms with Gasteiger partial charge in [-0.05, 0) is 117 Å². The molecule has 0 aromatic heterocycles. The lowest BCUT2D eigenvalue weighted by atomic mass is 9.35. The number of ether oxygens (including phenoxy) is 7. The Morgan fingerprint density at radius 2 is 1.36 bits per heavy atom. The number of rotatable bonds is 7. The summed E-state index contributed by atoms with van der Waals surface area (Å²) in [5.74, 6) is 0.0865. The Morgan fingerprint density at radius 1 is 0.719 bits per heavy atom. The fourth-order valence-electron chi connectivity index (χ4n) is 14.7. The van der Waals surface area contributed by atoms with Crippen molar-refractivity contribution in [2.75, 3.05) is 13.2 Å². The predicted molar refractivity (Wildman–Crippen MR) is 222 cm³/mol. The van der Waals surface area contributed by atoms with Crippen LogP contribution in [0.4, 0.5) is 0 Å². The first-order chi connectivity index (χ1) is 29.8. The molecule has 5 aliphatic carbocycles. The van der Waals surface area contributed by atoms with Crippen LogP contribution in [0.25, 0.3) is 0 Å². The van der Waals surface area contributed by atoms with Gasteiger partial charge in [-0.25, -0.2) is 0 Å². The molecule has 2 bridgehead atoms. The zero-order chi connectivity index (χ0) is 46.5. The zero-order valence-electron chi connectivity index (χ0n) is 38.3. The van der Waals surface area contributed by atoms with Crippen molar-refractivity contribution in [3.63, 3.8) is 0 Å². The molecule has 64 heavy (non-hydrogen) atoms.